The van der Waals surface area contributed by atoms with Crippen LogP contribution in [-0.2, 0) is 6.54 Å². The predicted molar refractivity (Wildman–Crippen MR) is 110 cm³/mol. The summed E-state index contributed by atoms with van der Waals surface area (Å²) < 4.78 is 0. The average Bonchev–Trinajstić information content (AvgIpc) is 2.99. The van der Waals surface area contributed by atoms with Gasteiger partial charge < -0.3 is 10.6 Å². The summed E-state index contributed by atoms with van der Waals surface area (Å²) in [7, 11) is 1.84. The Hall–Kier alpha value is -0.820. The highest BCUT2D eigenvalue weighted by Crippen LogP contribution is 2.19. The van der Waals surface area contributed by atoms with Gasteiger partial charge in [-0.15, -0.1) is 24.0 Å². The van der Waals surface area contributed by atoms with E-state index in [0.29, 0.717) is 12.1 Å². The van der Waals surface area contributed by atoms with E-state index in [1.54, 1.807) is 0 Å². The molecule has 1 aliphatic rings. The van der Waals surface area contributed by atoms with Gasteiger partial charge in [-0.1, -0.05) is 37.3 Å². The topological polar surface area (TPSA) is 39.7 Å². The molecule has 0 bridgehead atoms. The molecule has 1 fully saturated rings. The number of rotatable bonds is 6. The summed E-state index contributed by atoms with van der Waals surface area (Å²) in [6.07, 6.45) is 3.65. The third-order valence-electron chi connectivity index (χ3n) is 4.45. The van der Waals surface area contributed by atoms with E-state index in [1.807, 2.05) is 7.05 Å². The molecule has 4 nitrogen and oxygen atoms in total. The van der Waals surface area contributed by atoms with Gasteiger partial charge in [0.25, 0.3) is 0 Å². The van der Waals surface area contributed by atoms with Crippen LogP contribution in [0.2, 0.25) is 0 Å². The molecule has 1 aromatic rings. The highest BCUT2D eigenvalue weighted by molar-refractivity contribution is 14.0. The molecule has 1 aliphatic heterocycles. The van der Waals surface area contributed by atoms with Gasteiger partial charge in [0, 0.05) is 32.2 Å². The Labute approximate surface area is 158 Å². The number of nitrogens with zero attached hydrogens (tertiary/aromatic N) is 2. The van der Waals surface area contributed by atoms with Crippen LogP contribution in [0.1, 0.15) is 38.7 Å². The molecule has 2 atom stereocenters. The maximum atomic E-state index is 4.32. The van der Waals surface area contributed by atoms with Crippen LogP contribution in [0.25, 0.3) is 0 Å². The maximum absolute atomic E-state index is 4.32. The summed E-state index contributed by atoms with van der Waals surface area (Å²) in [5, 5.41) is 6.91. The average molecular weight is 430 g/mol. The molecule has 1 aromatic carbocycles. The van der Waals surface area contributed by atoms with Crippen molar-refractivity contribution in [2.75, 3.05) is 20.1 Å². The zero-order valence-electron chi connectivity index (χ0n) is 14.6. The Morgan fingerprint density at radius 3 is 2.74 bits per heavy atom. The summed E-state index contributed by atoms with van der Waals surface area (Å²) in [5.41, 5.74) is 1.40. The second-order valence-electron chi connectivity index (χ2n) is 6.16. The van der Waals surface area contributed by atoms with E-state index in [4.69, 9.17) is 0 Å². The quantitative estimate of drug-likeness (QED) is 0.414. The number of benzene rings is 1. The first-order valence-corrected chi connectivity index (χ1v) is 8.48. The smallest absolute Gasteiger partial charge is 0.191 e. The number of aliphatic imine (C=N–C) groups is 1. The molecule has 5 heteroatoms. The van der Waals surface area contributed by atoms with E-state index >= 15 is 0 Å². The van der Waals surface area contributed by atoms with E-state index in [2.05, 4.69) is 64.7 Å². The van der Waals surface area contributed by atoms with Crippen LogP contribution < -0.4 is 10.6 Å². The van der Waals surface area contributed by atoms with Crippen LogP contribution in [0.4, 0.5) is 0 Å². The standard InChI is InChI=1S/C18H30N4.HI/c1-4-15(2)21-18(19-3)20-13-17-11-8-12-22(17)14-16-9-6-5-7-10-16;/h5-7,9-10,15,17H,4,8,11-14H2,1-3H3,(H2,19,20,21);1H. The monoisotopic (exact) mass is 430 g/mol. The fourth-order valence-electron chi connectivity index (χ4n) is 2.90. The predicted octanol–water partition coefficient (Wildman–Crippen LogP) is 3.23. The summed E-state index contributed by atoms with van der Waals surface area (Å²) >= 11 is 0. The first-order valence-electron chi connectivity index (χ1n) is 8.48. The van der Waals surface area contributed by atoms with Gasteiger partial charge in [-0.05, 0) is 38.3 Å². The Bertz CT molecular complexity index is 463. The normalized spacial score (nSPS) is 20.0. The van der Waals surface area contributed by atoms with Gasteiger partial charge in [-0.3, -0.25) is 9.89 Å². The van der Waals surface area contributed by atoms with E-state index < -0.39 is 0 Å². The van der Waals surface area contributed by atoms with Crippen molar-refractivity contribution in [2.24, 2.45) is 4.99 Å². The van der Waals surface area contributed by atoms with Crippen LogP contribution in [-0.4, -0.2) is 43.1 Å². The molecule has 1 saturated heterocycles. The van der Waals surface area contributed by atoms with Gasteiger partial charge in [0.2, 0.25) is 0 Å². The maximum Gasteiger partial charge on any atom is 0.191 e. The lowest BCUT2D eigenvalue weighted by molar-refractivity contribution is 0.245. The van der Waals surface area contributed by atoms with E-state index in [1.165, 1.54) is 24.9 Å². The molecule has 0 amide bonds. The molecule has 2 N–H and O–H groups in total. The number of nitrogens with one attached hydrogen (secondary N) is 2. The molecule has 2 rings (SSSR count). The van der Waals surface area contributed by atoms with E-state index in [0.717, 1.165) is 25.5 Å². The first-order chi connectivity index (χ1) is 10.7. The molecule has 0 aliphatic carbocycles. The fourth-order valence-corrected chi connectivity index (χ4v) is 2.90. The summed E-state index contributed by atoms with van der Waals surface area (Å²) in [6.45, 7) is 7.57. The second-order valence-corrected chi connectivity index (χ2v) is 6.16. The first kappa shape index (κ1) is 20.2. The Morgan fingerprint density at radius 1 is 1.35 bits per heavy atom. The Morgan fingerprint density at radius 2 is 2.09 bits per heavy atom. The minimum absolute atomic E-state index is 0. The molecular formula is C18H31IN4. The van der Waals surface area contributed by atoms with Gasteiger partial charge in [-0.25, -0.2) is 0 Å². The largest absolute Gasteiger partial charge is 0.355 e. The van der Waals surface area contributed by atoms with Crippen molar-refractivity contribution in [1.29, 1.82) is 0 Å². The minimum Gasteiger partial charge on any atom is -0.355 e. The molecule has 23 heavy (non-hydrogen) atoms. The summed E-state index contributed by atoms with van der Waals surface area (Å²) in [5.74, 6) is 0.918. The molecule has 0 spiro atoms. The zero-order valence-corrected chi connectivity index (χ0v) is 16.9. The highest BCUT2D eigenvalue weighted by atomic mass is 127. The van der Waals surface area contributed by atoms with Crippen molar-refractivity contribution in [1.82, 2.24) is 15.5 Å². The summed E-state index contributed by atoms with van der Waals surface area (Å²) in [6, 6.07) is 11.8. The second kappa shape index (κ2) is 10.9. The van der Waals surface area contributed by atoms with Crippen LogP contribution in [0, 0.1) is 0 Å². The molecule has 0 aromatic heterocycles. The van der Waals surface area contributed by atoms with E-state index in [-0.39, 0.29) is 24.0 Å². The van der Waals surface area contributed by atoms with Gasteiger partial charge in [0.15, 0.2) is 5.96 Å². The number of likely N-dealkylation sites (tertiary alicyclic amines) is 1. The fraction of sp³-hybridized carbons (Fsp3) is 0.611. The van der Waals surface area contributed by atoms with Crippen molar-refractivity contribution < 1.29 is 0 Å². The van der Waals surface area contributed by atoms with Gasteiger partial charge in [0.1, 0.15) is 0 Å². The third-order valence-corrected chi connectivity index (χ3v) is 4.45. The van der Waals surface area contributed by atoms with Crippen LogP contribution in [0.15, 0.2) is 35.3 Å². The molecule has 0 radical (unpaired) electrons. The molecule has 130 valence electrons. The Balaban J connectivity index is 0.00000264. The molecule has 1 heterocycles. The zero-order chi connectivity index (χ0) is 15.8. The highest BCUT2D eigenvalue weighted by Gasteiger charge is 2.24. The van der Waals surface area contributed by atoms with Crippen molar-refractivity contribution in [3.63, 3.8) is 0 Å². The number of hydrogen-bond donors (Lipinski definition) is 2. The molecular weight excluding hydrogens is 399 g/mol. The van der Waals surface area contributed by atoms with Gasteiger partial charge in [0.05, 0.1) is 0 Å². The SMILES string of the molecule is CCC(C)NC(=NC)NCC1CCCN1Cc1ccccc1.I. The third kappa shape index (κ3) is 6.67. The van der Waals surface area contributed by atoms with Gasteiger partial charge >= 0.3 is 0 Å². The summed E-state index contributed by atoms with van der Waals surface area (Å²) in [4.78, 5) is 6.90. The van der Waals surface area contributed by atoms with Gasteiger partial charge in [-0.2, -0.15) is 0 Å². The van der Waals surface area contributed by atoms with Crippen molar-refractivity contribution >= 4 is 29.9 Å². The van der Waals surface area contributed by atoms with E-state index in [9.17, 15) is 0 Å². The van der Waals surface area contributed by atoms with Crippen LogP contribution in [0.5, 0.6) is 0 Å². The minimum atomic E-state index is 0. The van der Waals surface area contributed by atoms with Crippen LogP contribution >= 0.6 is 24.0 Å². The Kier molecular flexibility index (Phi) is 9.55. The van der Waals surface area contributed by atoms with Crippen molar-refractivity contribution in [2.45, 2.75) is 51.7 Å². The molecule has 0 saturated carbocycles. The van der Waals surface area contributed by atoms with Crippen molar-refractivity contribution in [3.05, 3.63) is 35.9 Å². The van der Waals surface area contributed by atoms with Crippen LogP contribution in [0.3, 0.4) is 0 Å². The lowest BCUT2D eigenvalue weighted by Crippen LogP contribution is -2.47. The van der Waals surface area contributed by atoms with Crippen molar-refractivity contribution in [3.8, 4) is 0 Å². The number of hydrogen-bond acceptors (Lipinski definition) is 2. The lowest BCUT2D eigenvalue weighted by Gasteiger charge is -2.26. The lowest BCUT2D eigenvalue weighted by atomic mass is 10.2. The molecule has 2 unspecified atom stereocenters. The number of guanidine groups is 1. The number of halogens is 1.